The van der Waals surface area contributed by atoms with Gasteiger partial charge in [0.1, 0.15) is 5.76 Å². The van der Waals surface area contributed by atoms with Gasteiger partial charge in [-0.1, -0.05) is 20.3 Å². The van der Waals surface area contributed by atoms with E-state index in [1.54, 1.807) is 6.26 Å². The molecule has 2 nitrogen and oxygen atoms in total. The zero-order valence-electron chi connectivity index (χ0n) is 8.71. The first kappa shape index (κ1) is 10.3. The highest BCUT2D eigenvalue weighted by Crippen LogP contribution is 2.23. The van der Waals surface area contributed by atoms with Gasteiger partial charge in [-0.15, -0.1) is 0 Å². The standard InChI is InChI=1S/C11H19NO/c1-4-8(2)7-11(12)10-5-6-13-9(10)3/h5-6,8,11H,4,7,12H2,1-3H3. The van der Waals surface area contributed by atoms with Gasteiger partial charge in [-0.2, -0.15) is 0 Å². The van der Waals surface area contributed by atoms with Crippen LogP contribution in [0.15, 0.2) is 16.7 Å². The lowest BCUT2D eigenvalue weighted by molar-refractivity contribution is 0.452. The molecule has 0 saturated carbocycles. The summed E-state index contributed by atoms with van der Waals surface area (Å²) in [5.74, 6) is 1.64. The van der Waals surface area contributed by atoms with E-state index in [-0.39, 0.29) is 6.04 Å². The van der Waals surface area contributed by atoms with Crippen molar-refractivity contribution in [3.05, 3.63) is 23.7 Å². The highest BCUT2D eigenvalue weighted by Gasteiger charge is 2.13. The monoisotopic (exact) mass is 181 g/mol. The second kappa shape index (κ2) is 4.47. The minimum absolute atomic E-state index is 0.133. The molecule has 74 valence electrons. The van der Waals surface area contributed by atoms with Crippen LogP contribution < -0.4 is 5.73 Å². The average molecular weight is 181 g/mol. The van der Waals surface area contributed by atoms with E-state index in [1.165, 1.54) is 6.42 Å². The first-order valence-corrected chi connectivity index (χ1v) is 4.94. The molecule has 0 aromatic carbocycles. The number of rotatable bonds is 4. The van der Waals surface area contributed by atoms with Gasteiger partial charge in [0.2, 0.25) is 0 Å². The molecule has 2 atom stereocenters. The average Bonchev–Trinajstić information content (AvgIpc) is 2.51. The van der Waals surface area contributed by atoms with E-state index in [2.05, 4.69) is 13.8 Å². The van der Waals surface area contributed by atoms with Crippen molar-refractivity contribution in [3.63, 3.8) is 0 Å². The molecular formula is C11H19NO. The summed E-state index contributed by atoms with van der Waals surface area (Å²) in [6.45, 7) is 6.39. The number of hydrogen-bond acceptors (Lipinski definition) is 2. The number of hydrogen-bond donors (Lipinski definition) is 1. The summed E-state index contributed by atoms with van der Waals surface area (Å²) in [4.78, 5) is 0. The zero-order valence-corrected chi connectivity index (χ0v) is 8.71. The summed E-state index contributed by atoms with van der Waals surface area (Å²) < 4.78 is 5.22. The minimum Gasteiger partial charge on any atom is -0.469 e. The molecule has 0 aliphatic rings. The van der Waals surface area contributed by atoms with Crippen molar-refractivity contribution in [2.24, 2.45) is 11.7 Å². The Bertz CT molecular complexity index is 254. The molecule has 0 aliphatic heterocycles. The first-order chi connectivity index (χ1) is 6.15. The molecule has 2 unspecified atom stereocenters. The topological polar surface area (TPSA) is 39.2 Å². The van der Waals surface area contributed by atoms with Crippen molar-refractivity contribution < 1.29 is 4.42 Å². The third-order valence-corrected chi connectivity index (χ3v) is 2.65. The van der Waals surface area contributed by atoms with E-state index in [0.29, 0.717) is 5.92 Å². The van der Waals surface area contributed by atoms with Crippen LogP contribution in [0.3, 0.4) is 0 Å². The number of nitrogens with two attached hydrogens (primary N) is 1. The molecule has 2 heteroatoms. The lowest BCUT2D eigenvalue weighted by Gasteiger charge is -2.14. The van der Waals surface area contributed by atoms with Crippen LogP contribution in [-0.4, -0.2) is 0 Å². The maximum Gasteiger partial charge on any atom is 0.105 e. The highest BCUT2D eigenvalue weighted by molar-refractivity contribution is 5.19. The maximum absolute atomic E-state index is 6.06. The van der Waals surface area contributed by atoms with Gasteiger partial charge >= 0.3 is 0 Å². The molecule has 0 amide bonds. The molecular weight excluding hydrogens is 162 g/mol. The van der Waals surface area contributed by atoms with E-state index < -0.39 is 0 Å². The van der Waals surface area contributed by atoms with E-state index in [0.717, 1.165) is 17.7 Å². The van der Waals surface area contributed by atoms with Gasteiger partial charge in [-0.3, -0.25) is 0 Å². The summed E-state index contributed by atoms with van der Waals surface area (Å²) in [6.07, 6.45) is 3.93. The van der Waals surface area contributed by atoms with Gasteiger partial charge in [-0.25, -0.2) is 0 Å². The number of aryl methyl sites for hydroxylation is 1. The summed E-state index contributed by atoms with van der Waals surface area (Å²) in [5.41, 5.74) is 7.21. The third-order valence-electron chi connectivity index (χ3n) is 2.65. The van der Waals surface area contributed by atoms with Crippen molar-refractivity contribution in [3.8, 4) is 0 Å². The molecule has 1 aromatic heterocycles. The van der Waals surface area contributed by atoms with Crippen molar-refractivity contribution in [2.75, 3.05) is 0 Å². The molecule has 0 saturated heterocycles. The van der Waals surface area contributed by atoms with E-state index in [1.807, 2.05) is 13.0 Å². The molecule has 1 aromatic rings. The number of furan rings is 1. The highest BCUT2D eigenvalue weighted by atomic mass is 16.3. The van der Waals surface area contributed by atoms with Crippen molar-refractivity contribution in [1.29, 1.82) is 0 Å². The molecule has 0 aliphatic carbocycles. The summed E-state index contributed by atoms with van der Waals surface area (Å²) in [5, 5.41) is 0. The van der Waals surface area contributed by atoms with Gasteiger partial charge in [-0.05, 0) is 25.3 Å². The van der Waals surface area contributed by atoms with Gasteiger partial charge in [0.05, 0.1) is 6.26 Å². The van der Waals surface area contributed by atoms with Crippen LogP contribution in [0.1, 0.15) is 44.1 Å². The van der Waals surface area contributed by atoms with Gasteiger partial charge in [0.15, 0.2) is 0 Å². The molecule has 13 heavy (non-hydrogen) atoms. The van der Waals surface area contributed by atoms with Crippen LogP contribution in [0.4, 0.5) is 0 Å². The summed E-state index contributed by atoms with van der Waals surface area (Å²) in [6, 6.07) is 2.11. The third kappa shape index (κ3) is 2.59. The molecule has 0 spiro atoms. The van der Waals surface area contributed by atoms with Crippen LogP contribution in [0.5, 0.6) is 0 Å². The first-order valence-electron chi connectivity index (χ1n) is 4.94. The van der Waals surface area contributed by atoms with Crippen LogP contribution in [0.2, 0.25) is 0 Å². The Morgan fingerprint density at radius 3 is 2.69 bits per heavy atom. The van der Waals surface area contributed by atoms with Crippen LogP contribution >= 0.6 is 0 Å². The maximum atomic E-state index is 6.06. The van der Waals surface area contributed by atoms with Crippen molar-refractivity contribution in [2.45, 2.75) is 39.7 Å². The Morgan fingerprint density at radius 1 is 1.54 bits per heavy atom. The second-order valence-corrected chi connectivity index (χ2v) is 3.79. The Balaban J connectivity index is 2.58. The lowest BCUT2D eigenvalue weighted by atomic mass is 9.95. The van der Waals surface area contributed by atoms with Gasteiger partial charge in [0.25, 0.3) is 0 Å². The smallest absolute Gasteiger partial charge is 0.105 e. The summed E-state index contributed by atoms with van der Waals surface area (Å²) in [7, 11) is 0. The van der Waals surface area contributed by atoms with Crippen molar-refractivity contribution >= 4 is 0 Å². The summed E-state index contributed by atoms with van der Waals surface area (Å²) >= 11 is 0. The minimum atomic E-state index is 0.133. The van der Waals surface area contributed by atoms with Crippen LogP contribution in [0.25, 0.3) is 0 Å². The molecule has 1 heterocycles. The SMILES string of the molecule is CCC(C)CC(N)c1ccoc1C. The Kier molecular flexibility index (Phi) is 3.55. The predicted octanol–water partition coefficient (Wildman–Crippen LogP) is 3.02. The molecule has 1 rings (SSSR count). The second-order valence-electron chi connectivity index (χ2n) is 3.79. The predicted molar refractivity (Wildman–Crippen MR) is 54.4 cm³/mol. The molecule has 0 fully saturated rings. The zero-order chi connectivity index (χ0) is 9.84. The van der Waals surface area contributed by atoms with Crippen LogP contribution in [-0.2, 0) is 0 Å². The van der Waals surface area contributed by atoms with Crippen LogP contribution in [0, 0.1) is 12.8 Å². The van der Waals surface area contributed by atoms with E-state index >= 15 is 0 Å². The molecule has 0 bridgehead atoms. The normalized spacial score (nSPS) is 15.7. The Morgan fingerprint density at radius 2 is 2.23 bits per heavy atom. The molecule has 2 N–H and O–H groups in total. The fourth-order valence-electron chi connectivity index (χ4n) is 1.51. The largest absolute Gasteiger partial charge is 0.469 e. The van der Waals surface area contributed by atoms with Crippen molar-refractivity contribution in [1.82, 2.24) is 0 Å². The van der Waals surface area contributed by atoms with Gasteiger partial charge < -0.3 is 10.2 Å². The Hall–Kier alpha value is -0.760. The fourth-order valence-corrected chi connectivity index (χ4v) is 1.51. The van der Waals surface area contributed by atoms with E-state index in [9.17, 15) is 0 Å². The fraction of sp³-hybridized carbons (Fsp3) is 0.636. The van der Waals surface area contributed by atoms with E-state index in [4.69, 9.17) is 10.2 Å². The molecule has 0 radical (unpaired) electrons. The lowest BCUT2D eigenvalue weighted by Crippen LogP contribution is -2.13. The Labute approximate surface area is 80.1 Å². The quantitative estimate of drug-likeness (QED) is 0.775. The van der Waals surface area contributed by atoms with Gasteiger partial charge in [0, 0.05) is 11.6 Å².